The van der Waals surface area contributed by atoms with E-state index in [9.17, 15) is 33.3 Å². The highest BCUT2D eigenvalue weighted by Gasteiger charge is 2.70. The second-order valence-corrected chi connectivity index (χ2v) is 14.7. The molecule has 0 aliphatic heterocycles. The number of rotatable bonds is 7. The smallest absolute Gasteiger partial charge is 0.307 e. The molecule has 4 aliphatic carbocycles. The number of allylic oxidation sites excluding steroid dienone is 1. The number of aliphatic hydroxyl groups is 3. The minimum Gasteiger partial charge on any atom is -0.450 e. The number of carbonyl (C=O) groups excluding carboxylic acids is 2. The molecule has 0 spiro atoms. The minimum absolute atomic E-state index is 0.00697. The number of hydrogen-bond acceptors (Lipinski definition) is 8. The van der Waals surface area contributed by atoms with E-state index < -0.39 is 63.6 Å². The van der Waals surface area contributed by atoms with Crippen LogP contribution in [0.2, 0.25) is 0 Å². The molecule has 3 saturated carbocycles. The molecule has 3 N–H and O–H groups in total. The number of ketones is 1. The number of hydrogen-bond donors (Lipinski definition) is 3. The van der Waals surface area contributed by atoms with Crippen molar-refractivity contribution in [2.75, 3.05) is 12.4 Å². The van der Waals surface area contributed by atoms with Gasteiger partial charge in [-0.15, -0.1) is 0 Å². The molecule has 4 aliphatic rings. The van der Waals surface area contributed by atoms with E-state index >= 15 is 0 Å². The molecular formula is C30H40O8S. The van der Waals surface area contributed by atoms with Gasteiger partial charge in [0.1, 0.15) is 6.61 Å². The molecule has 9 heteroatoms. The molecule has 1 aromatic carbocycles. The fraction of sp³-hybridized carbons (Fsp3) is 0.667. The first kappa shape index (κ1) is 28.5. The molecule has 0 bridgehead atoms. The molecule has 214 valence electrons. The second kappa shape index (κ2) is 10.1. The maximum atomic E-state index is 13.4. The van der Waals surface area contributed by atoms with E-state index in [1.54, 1.807) is 18.2 Å². The fourth-order valence-electron chi connectivity index (χ4n) is 8.84. The standard InChI is InChI=1S/C30H40O8S/c1-28-13-10-20(32)16-19(28)8-9-22-23-11-14-30(25(34)18-31,29(23,2)17-24(33)27(22)28)38-26(35)12-15-39(36,37)21-6-4-3-5-7-21/h3-7,16,20,22-24,27,31-33H,8-15,17-18H2,1-2H3/t20?,22-,23-,24-,27+,28-,29-,30-/m0/s1. The van der Waals surface area contributed by atoms with E-state index in [2.05, 4.69) is 6.92 Å². The van der Waals surface area contributed by atoms with Gasteiger partial charge in [0.15, 0.2) is 15.4 Å². The maximum Gasteiger partial charge on any atom is 0.307 e. The molecule has 8 nitrogen and oxygen atoms in total. The van der Waals surface area contributed by atoms with Crippen molar-refractivity contribution < 1.29 is 38.1 Å². The van der Waals surface area contributed by atoms with E-state index in [1.165, 1.54) is 17.7 Å². The van der Waals surface area contributed by atoms with Crippen molar-refractivity contribution >= 4 is 21.6 Å². The van der Waals surface area contributed by atoms with Crippen LogP contribution < -0.4 is 0 Å². The summed E-state index contributed by atoms with van der Waals surface area (Å²) in [5.41, 5.74) is -1.55. The Hall–Kier alpha value is -2.07. The summed E-state index contributed by atoms with van der Waals surface area (Å²) in [6, 6.07) is 7.87. The Labute approximate surface area is 230 Å². The highest BCUT2D eigenvalue weighted by Crippen LogP contribution is 2.68. The SMILES string of the molecule is C[C@]12CCC(O)C=C1CC[C@@H]1[C@@H]2[C@@H](O)C[C@@]2(C)[C@H]1CC[C@]2(OC(=O)CCS(=O)(=O)c1ccccc1)C(=O)CO. The van der Waals surface area contributed by atoms with Crippen LogP contribution in [0.15, 0.2) is 46.9 Å². The lowest BCUT2D eigenvalue weighted by molar-refractivity contribution is -0.202. The Balaban J connectivity index is 1.40. The Morgan fingerprint density at radius 1 is 1.05 bits per heavy atom. The average molecular weight is 561 g/mol. The highest BCUT2D eigenvalue weighted by atomic mass is 32.2. The van der Waals surface area contributed by atoms with Gasteiger partial charge in [0, 0.05) is 5.41 Å². The van der Waals surface area contributed by atoms with Crippen LogP contribution in [0.3, 0.4) is 0 Å². The molecule has 1 unspecified atom stereocenters. The molecule has 0 heterocycles. The van der Waals surface area contributed by atoms with Crippen molar-refractivity contribution in [2.45, 2.75) is 87.9 Å². The quantitative estimate of drug-likeness (QED) is 0.342. The highest BCUT2D eigenvalue weighted by molar-refractivity contribution is 7.91. The summed E-state index contributed by atoms with van der Waals surface area (Å²) in [6.07, 6.45) is 4.48. The Kier molecular flexibility index (Phi) is 7.36. The number of esters is 1. The van der Waals surface area contributed by atoms with Crippen molar-refractivity contribution in [2.24, 2.45) is 28.6 Å². The summed E-state index contributed by atoms with van der Waals surface area (Å²) in [4.78, 5) is 26.6. The summed E-state index contributed by atoms with van der Waals surface area (Å²) in [5.74, 6) is -1.78. The van der Waals surface area contributed by atoms with E-state index in [-0.39, 0.29) is 40.9 Å². The molecule has 5 rings (SSSR count). The number of sulfone groups is 1. The van der Waals surface area contributed by atoms with Crippen molar-refractivity contribution in [3.63, 3.8) is 0 Å². The number of ether oxygens (including phenoxy) is 1. The van der Waals surface area contributed by atoms with Crippen LogP contribution >= 0.6 is 0 Å². The molecule has 1 aromatic rings. The monoisotopic (exact) mass is 560 g/mol. The van der Waals surface area contributed by atoms with Gasteiger partial charge in [-0.05, 0) is 80.2 Å². The van der Waals surface area contributed by atoms with Crippen molar-refractivity contribution in [3.05, 3.63) is 42.0 Å². The number of carbonyl (C=O) groups is 2. The van der Waals surface area contributed by atoms with Crippen LogP contribution in [-0.4, -0.2) is 65.7 Å². The van der Waals surface area contributed by atoms with Crippen molar-refractivity contribution in [3.8, 4) is 0 Å². The van der Waals surface area contributed by atoms with Crippen LogP contribution in [0.25, 0.3) is 0 Å². The summed E-state index contributed by atoms with van der Waals surface area (Å²) < 4.78 is 31.4. The Morgan fingerprint density at radius 3 is 2.46 bits per heavy atom. The number of Topliss-reactive ketones (excluding diaryl/α,β-unsaturated/α-hetero) is 1. The van der Waals surface area contributed by atoms with Crippen LogP contribution in [0, 0.1) is 28.6 Å². The van der Waals surface area contributed by atoms with Crippen molar-refractivity contribution in [1.29, 1.82) is 0 Å². The zero-order chi connectivity index (χ0) is 28.2. The fourth-order valence-corrected chi connectivity index (χ4v) is 10.1. The van der Waals surface area contributed by atoms with Gasteiger partial charge >= 0.3 is 5.97 Å². The van der Waals surface area contributed by atoms with Gasteiger partial charge in [-0.3, -0.25) is 9.59 Å². The van der Waals surface area contributed by atoms with Gasteiger partial charge in [-0.25, -0.2) is 8.42 Å². The molecule has 0 radical (unpaired) electrons. The molecule has 3 fully saturated rings. The average Bonchev–Trinajstić information content (AvgIpc) is 3.19. The zero-order valence-electron chi connectivity index (χ0n) is 22.7. The van der Waals surface area contributed by atoms with E-state index in [0.717, 1.165) is 19.3 Å². The largest absolute Gasteiger partial charge is 0.450 e. The lowest BCUT2D eigenvalue weighted by Crippen LogP contribution is -2.63. The number of fused-ring (bicyclic) bond motifs is 5. The lowest BCUT2D eigenvalue weighted by atomic mass is 9.45. The molecule has 39 heavy (non-hydrogen) atoms. The van der Waals surface area contributed by atoms with Gasteiger partial charge < -0.3 is 20.1 Å². The maximum absolute atomic E-state index is 13.4. The molecule has 8 atom stereocenters. The molecule has 0 amide bonds. The zero-order valence-corrected chi connectivity index (χ0v) is 23.5. The first-order chi connectivity index (χ1) is 18.4. The van der Waals surface area contributed by atoms with Gasteiger partial charge in [-0.2, -0.15) is 0 Å². The summed E-state index contributed by atoms with van der Waals surface area (Å²) in [5, 5.41) is 31.9. The topological polar surface area (TPSA) is 138 Å². The van der Waals surface area contributed by atoms with E-state index in [0.29, 0.717) is 12.8 Å². The minimum atomic E-state index is -3.72. The van der Waals surface area contributed by atoms with Crippen LogP contribution in [0.5, 0.6) is 0 Å². The number of benzene rings is 1. The van der Waals surface area contributed by atoms with E-state index in [1.807, 2.05) is 13.0 Å². The van der Waals surface area contributed by atoms with Crippen LogP contribution in [0.4, 0.5) is 0 Å². The third-order valence-electron chi connectivity index (χ3n) is 10.7. The predicted molar refractivity (Wildman–Crippen MR) is 143 cm³/mol. The Bertz CT molecular complexity index is 1260. The van der Waals surface area contributed by atoms with Gasteiger partial charge in [0.05, 0.1) is 29.3 Å². The van der Waals surface area contributed by atoms with Gasteiger partial charge in [0.2, 0.25) is 5.78 Å². The van der Waals surface area contributed by atoms with Gasteiger partial charge in [0.25, 0.3) is 0 Å². The normalized spacial score (nSPS) is 39.6. The first-order valence-electron chi connectivity index (χ1n) is 14.1. The second-order valence-electron chi connectivity index (χ2n) is 12.5. The van der Waals surface area contributed by atoms with Crippen LogP contribution in [0.1, 0.15) is 65.2 Å². The first-order valence-corrected chi connectivity index (χ1v) is 15.7. The third-order valence-corrected chi connectivity index (χ3v) is 12.4. The molecular weight excluding hydrogens is 520 g/mol. The Morgan fingerprint density at radius 2 is 1.77 bits per heavy atom. The summed E-state index contributed by atoms with van der Waals surface area (Å²) in [7, 11) is -3.72. The molecule has 0 aromatic heterocycles. The predicted octanol–water partition coefficient (Wildman–Crippen LogP) is 2.99. The summed E-state index contributed by atoms with van der Waals surface area (Å²) >= 11 is 0. The summed E-state index contributed by atoms with van der Waals surface area (Å²) in [6.45, 7) is 3.27. The van der Waals surface area contributed by atoms with Crippen molar-refractivity contribution in [1.82, 2.24) is 0 Å². The molecule has 0 saturated heterocycles. The van der Waals surface area contributed by atoms with Crippen LogP contribution in [-0.2, 0) is 24.2 Å². The van der Waals surface area contributed by atoms with Gasteiger partial charge in [-0.1, -0.05) is 43.7 Å². The lowest BCUT2D eigenvalue weighted by Gasteiger charge is -2.61. The third kappa shape index (κ3) is 4.49. The van der Waals surface area contributed by atoms with E-state index in [4.69, 9.17) is 4.74 Å². The number of aliphatic hydroxyl groups excluding tert-OH is 3.